The predicted molar refractivity (Wildman–Crippen MR) is 76.7 cm³/mol. The number of rotatable bonds is 4. The molecule has 0 N–H and O–H groups in total. The molecule has 0 atom stereocenters. The summed E-state index contributed by atoms with van der Waals surface area (Å²) in [5, 5.41) is 0. The number of allylic oxidation sites excluding steroid dienone is 3. The van der Waals surface area contributed by atoms with Crippen LogP contribution in [0.1, 0.15) is 29.9 Å². The van der Waals surface area contributed by atoms with E-state index < -0.39 is 0 Å². The summed E-state index contributed by atoms with van der Waals surface area (Å²) >= 11 is 0. The third kappa shape index (κ3) is 2.85. The van der Waals surface area contributed by atoms with E-state index in [1.807, 2.05) is 6.07 Å². The highest BCUT2D eigenvalue weighted by molar-refractivity contribution is 5.96. The van der Waals surface area contributed by atoms with Crippen molar-refractivity contribution in [1.29, 1.82) is 0 Å². The van der Waals surface area contributed by atoms with E-state index in [0.29, 0.717) is 23.4 Å². The van der Waals surface area contributed by atoms with E-state index in [0.717, 1.165) is 5.56 Å². The van der Waals surface area contributed by atoms with Gasteiger partial charge in [-0.2, -0.15) is 0 Å². The number of aromatic nitrogens is 1. The van der Waals surface area contributed by atoms with Crippen molar-refractivity contribution in [3.8, 4) is 0 Å². The zero-order valence-corrected chi connectivity index (χ0v) is 11.7. The molecule has 0 saturated carbocycles. The second kappa shape index (κ2) is 5.82. The largest absolute Gasteiger partial charge is 0.328 e. The van der Waals surface area contributed by atoms with Crippen molar-refractivity contribution in [2.24, 2.45) is 0 Å². The highest BCUT2D eigenvalue weighted by Crippen LogP contribution is 2.23. The lowest BCUT2D eigenvalue weighted by Crippen LogP contribution is -2.26. The first-order valence-electron chi connectivity index (χ1n) is 6.44. The average molecular weight is 272 g/mol. The summed E-state index contributed by atoms with van der Waals surface area (Å²) in [5.74, 6) is -0.500. The molecule has 1 aromatic heterocycles. The zero-order valence-electron chi connectivity index (χ0n) is 11.7. The Balaban J connectivity index is 2.16. The van der Waals surface area contributed by atoms with E-state index in [4.69, 9.17) is 0 Å². The fraction of sp³-hybridized carbons (Fsp3) is 0.250. The van der Waals surface area contributed by atoms with Crippen molar-refractivity contribution in [2.75, 3.05) is 6.54 Å². The van der Waals surface area contributed by atoms with Gasteiger partial charge in [0, 0.05) is 30.4 Å². The van der Waals surface area contributed by atoms with Crippen molar-refractivity contribution in [3.05, 3.63) is 65.3 Å². The molecule has 20 heavy (non-hydrogen) atoms. The highest BCUT2D eigenvalue weighted by Gasteiger charge is 2.29. The smallest absolute Gasteiger partial charge is 0.273 e. The molecule has 1 aliphatic heterocycles. The molecule has 1 amide bonds. The van der Waals surface area contributed by atoms with E-state index >= 15 is 0 Å². The summed E-state index contributed by atoms with van der Waals surface area (Å²) in [7, 11) is 0. The number of fused-ring (bicyclic) bond motifs is 1. The first-order valence-corrected chi connectivity index (χ1v) is 6.44. The Morgan fingerprint density at radius 1 is 1.60 bits per heavy atom. The Hall–Kier alpha value is -2.23. The average Bonchev–Trinajstić information content (AvgIpc) is 2.72. The van der Waals surface area contributed by atoms with Gasteiger partial charge < -0.3 is 4.90 Å². The van der Waals surface area contributed by atoms with Gasteiger partial charge in [-0.25, -0.2) is 4.39 Å². The van der Waals surface area contributed by atoms with Crippen LogP contribution in [-0.2, 0) is 6.54 Å². The first kappa shape index (κ1) is 14.2. The van der Waals surface area contributed by atoms with Crippen LogP contribution in [-0.4, -0.2) is 22.3 Å². The number of nitrogens with zero attached hydrogens (tertiary/aromatic N) is 2. The van der Waals surface area contributed by atoms with Crippen molar-refractivity contribution in [3.63, 3.8) is 0 Å². The lowest BCUT2D eigenvalue weighted by molar-refractivity contribution is 0.0788. The number of pyridine rings is 1. The van der Waals surface area contributed by atoms with Crippen LogP contribution in [0.5, 0.6) is 0 Å². The minimum atomic E-state index is -0.350. The second-order valence-corrected chi connectivity index (χ2v) is 4.82. The molecule has 2 rings (SSSR count). The summed E-state index contributed by atoms with van der Waals surface area (Å²) in [6.07, 6.45) is 4.65. The van der Waals surface area contributed by atoms with Crippen molar-refractivity contribution >= 4 is 5.91 Å². The second-order valence-electron chi connectivity index (χ2n) is 4.82. The highest BCUT2D eigenvalue weighted by atomic mass is 19.1. The monoisotopic (exact) mass is 272 g/mol. The van der Waals surface area contributed by atoms with E-state index in [9.17, 15) is 9.18 Å². The SMILES string of the molecule is C=C(C)/C=C(F)\C(=C/C)CN1Cc2cccnc2C1=O. The van der Waals surface area contributed by atoms with Gasteiger partial charge in [0.25, 0.3) is 5.91 Å². The van der Waals surface area contributed by atoms with Gasteiger partial charge in [0.15, 0.2) is 0 Å². The molecular formula is C16H17FN2O. The Labute approximate surface area is 118 Å². The van der Waals surface area contributed by atoms with Crippen LogP contribution in [0.2, 0.25) is 0 Å². The molecule has 4 heteroatoms. The van der Waals surface area contributed by atoms with Gasteiger partial charge in [0.2, 0.25) is 0 Å². The number of hydrogen-bond donors (Lipinski definition) is 0. The molecular weight excluding hydrogens is 255 g/mol. The summed E-state index contributed by atoms with van der Waals surface area (Å²) in [6, 6.07) is 3.67. The van der Waals surface area contributed by atoms with Crippen LogP contribution in [0.3, 0.4) is 0 Å². The van der Waals surface area contributed by atoms with E-state index in [1.54, 1.807) is 37.1 Å². The third-order valence-electron chi connectivity index (χ3n) is 3.13. The number of amides is 1. The molecule has 3 nitrogen and oxygen atoms in total. The minimum absolute atomic E-state index is 0.150. The fourth-order valence-electron chi connectivity index (χ4n) is 2.13. The van der Waals surface area contributed by atoms with Gasteiger partial charge in [-0.1, -0.05) is 24.3 Å². The van der Waals surface area contributed by atoms with Crippen molar-refractivity contribution < 1.29 is 9.18 Å². The Morgan fingerprint density at radius 2 is 2.35 bits per heavy atom. The molecule has 0 unspecified atom stereocenters. The van der Waals surface area contributed by atoms with E-state index in [-0.39, 0.29) is 18.3 Å². The van der Waals surface area contributed by atoms with Crippen LogP contribution in [0, 0.1) is 0 Å². The molecule has 0 spiro atoms. The molecule has 0 saturated heterocycles. The predicted octanol–water partition coefficient (Wildman–Crippen LogP) is 3.41. The van der Waals surface area contributed by atoms with Crippen molar-refractivity contribution in [2.45, 2.75) is 20.4 Å². The number of carbonyl (C=O) groups excluding carboxylic acids is 1. The summed E-state index contributed by atoms with van der Waals surface area (Å²) < 4.78 is 14.0. The number of hydrogen-bond acceptors (Lipinski definition) is 2. The van der Waals surface area contributed by atoms with E-state index in [2.05, 4.69) is 11.6 Å². The molecule has 0 aromatic carbocycles. The van der Waals surface area contributed by atoms with Gasteiger partial charge in [-0.3, -0.25) is 9.78 Å². The maximum atomic E-state index is 14.0. The lowest BCUT2D eigenvalue weighted by atomic mass is 10.1. The first-order chi connectivity index (χ1) is 9.52. The Morgan fingerprint density at radius 3 is 2.95 bits per heavy atom. The molecule has 2 heterocycles. The maximum absolute atomic E-state index is 14.0. The summed E-state index contributed by atoms with van der Waals surface area (Å²) in [6.45, 7) is 7.85. The fourth-order valence-corrected chi connectivity index (χ4v) is 2.13. The minimum Gasteiger partial charge on any atom is -0.328 e. The topological polar surface area (TPSA) is 33.2 Å². The zero-order chi connectivity index (χ0) is 14.7. The molecule has 1 aliphatic rings. The van der Waals surface area contributed by atoms with Gasteiger partial charge in [-0.15, -0.1) is 0 Å². The summed E-state index contributed by atoms with van der Waals surface area (Å²) in [5.41, 5.74) is 2.47. The van der Waals surface area contributed by atoms with Gasteiger partial charge in [0.05, 0.1) is 0 Å². The molecule has 1 aromatic rings. The van der Waals surface area contributed by atoms with Crippen LogP contribution in [0.4, 0.5) is 4.39 Å². The number of carbonyl (C=O) groups is 1. The molecule has 0 radical (unpaired) electrons. The van der Waals surface area contributed by atoms with E-state index in [1.165, 1.54) is 6.08 Å². The van der Waals surface area contributed by atoms with Crippen molar-refractivity contribution in [1.82, 2.24) is 9.88 Å². The van der Waals surface area contributed by atoms with Crippen LogP contribution in [0.25, 0.3) is 0 Å². The molecule has 0 aliphatic carbocycles. The van der Waals surface area contributed by atoms with Gasteiger partial charge in [0.1, 0.15) is 11.5 Å². The Kier molecular flexibility index (Phi) is 4.13. The maximum Gasteiger partial charge on any atom is 0.273 e. The van der Waals surface area contributed by atoms with Crippen LogP contribution in [0.15, 0.2) is 54.0 Å². The molecule has 0 bridgehead atoms. The molecule has 0 fully saturated rings. The van der Waals surface area contributed by atoms with Crippen LogP contribution < -0.4 is 0 Å². The lowest BCUT2D eigenvalue weighted by Gasteiger charge is -2.16. The molecule has 104 valence electrons. The normalized spacial score (nSPS) is 15.6. The van der Waals surface area contributed by atoms with Crippen LogP contribution >= 0.6 is 0 Å². The Bertz CT molecular complexity index is 617. The number of halogens is 1. The summed E-state index contributed by atoms with van der Waals surface area (Å²) in [4.78, 5) is 17.8. The third-order valence-corrected chi connectivity index (χ3v) is 3.13. The standard InChI is InChI=1S/C16H17FN2O/c1-4-12(14(17)8-11(2)3)9-19-10-13-6-5-7-18-15(13)16(19)20/h4-8H,2,9-10H2,1,3H3/b12-4-,14-8+. The quantitative estimate of drug-likeness (QED) is 0.787. The van der Waals surface area contributed by atoms with Gasteiger partial charge >= 0.3 is 0 Å². The van der Waals surface area contributed by atoms with Gasteiger partial charge in [-0.05, 0) is 26.0 Å².